The van der Waals surface area contributed by atoms with E-state index >= 15 is 0 Å². The Morgan fingerprint density at radius 1 is 1.08 bits per heavy atom. The molecule has 0 radical (unpaired) electrons. The smallest absolute Gasteiger partial charge is 0.318 e. The van der Waals surface area contributed by atoms with Crippen molar-refractivity contribution >= 4 is 6.01 Å². The van der Waals surface area contributed by atoms with E-state index in [0.717, 1.165) is 25.9 Å². The molecule has 1 aliphatic heterocycles. The highest BCUT2D eigenvalue weighted by molar-refractivity contribution is 5.65. The average Bonchev–Trinajstić information content (AvgIpc) is 3.18. The van der Waals surface area contributed by atoms with Crippen LogP contribution in [0.3, 0.4) is 0 Å². The molecule has 1 aliphatic rings. The fraction of sp³-hybridized carbons (Fsp3) is 0.316. The Labute approximate surface area is 150 Å². The Kier molecular flexibility index (Phi) is 4.77. The zero-order valence-electron chi connectivity index (χ0n) is 14.3. The predicted molar refractivity (Wildman–Crippen MR) is 94.3 cm³/mol. The Morgan fingerprint density at radius 2 is 1.96 bits per heavy atom. The highest BCUT2D eigenvalue weighted by Crippen LogP contribution is 2.29. The summed E-state index contributed by atoms with van der Waals surface area (Å²) in [5.41, 5.74) is 1.13. The molecule has 0 amide bonds. The first-order valence-electron chi connectivity index (χ1n) is 8.70. The summed E-state index contributed by atoms with van der Waals surface area (Å²) >= 11 is 0. The molecule has 0 unspecified atom stereocenters. The fourth-order valence-electron chi connectivity index (χ4n) is 3.02. The summed E-state index contributed by atoms with van der Waals surface area (Å²) in [5, 5.41) is 8.07. The molecule has 134 valence electrons. The van der Waals surface area contributed by atoms with Crippen LogP contribution in [0.4, 0.5) is 10.4 Å². The van der Waals surface area contributed by atoms with Crippen LogP contribution in [0.15, 0.2) is 47.1 Å². The third-order valence-electron chi connectivity index (χ3n) is 4.37. The highest BCUT2D eigenvalue weighted by atomic mass is 19.1. The van der Waals surface area contributed by atoms with Crippen molar-refractivity contribution in [3.05, 3.63) is 54.4 Å². The summed E-state index contributed by atoms with van der Waals surface area (Å²) in [4.78, 5) is 6.10. The molecule has 6 nitrogen and oxygen atoms in total. The lowest BCUT2D eigenvalue weighted by Gasteiger charge is -2.24. The van der Waals surface area contributed by atoms with Gasteiger partial charge in [0.1, 0.15) is 0 Å². The van der Waals surface area contributed by atoms with Gasteiger partial charge in [-0.2, -0.15) is 0 Å². The van der Waals surface area contributed by atoms with Crippen molar-refractivity contribution in [2.45, 2.75) is 25.9 Å². The molecule has 2 aromatic heterocycles. The number of ether oxygens (including phenoxy) is 1. The summed E-state index contributed by atoms with van der Waals surface area (Å²) in [6.07, 6.45) is 6.75. The summed E-state index contributed by atoms with van der Waals surface area (Å²) in [7, 11) is 0. The van der Waals surface area contributed by atoms with Gasteiger partial charge >= 0.3 is 6.01 Å². The zero-order valence-corrected chi connectivity index (χ0v) is 14.3. The van der Waals surface area contributed by atoms with Gasteiger partial charge in [0.25, 0.3) is 5.89 Å². The monoisotopic (exact) mass is 354 g/mol. The van der Waals surface area contributed by atoms with Gasteiger partial charge < -0.3 is 14.1 Å². The minimum Gasteiger partial charge on any atom is -0.481 e. The van der Waals surface area contributed by atoms with E-state index in [0.29, 0.717) is 23.0 Å². The van der Waals surface area contributed by atoms with E-state index in [-0.39, 0.29) is 12.4 Å². The first kappa shape index (κ1) is 16.5. The Bertz CT molecular complexity index is 863. The molecule has 0 aliphatic carbocycles. The van der Waals surface area contributed by atoms with Crippen LogP contribution in [0, 0.1) is 5.82 Å². The number of anilines is 1. The van der Waals surface area contributed by atoms with Gasteiger partial charge in [0, 0.05) is 36.6 Å². The van der Waals surface area contributed by atoms with Crippen LogP contribution in [0.2, 0.25) is 0 Å². The molecule has 1 fully saturated rings. The van der Waals surface area contributed by atoms with E-state index < -0.39 is 5.82 Å². The van der Waals surface area contributed by atoms with Crippen molar-refractivity contribution in [3.8, 4) is 16.9 Å². The topological polar surface area (TPSA) is 64.3 Å². The number of aromatic nitrogens is 3. The van der Waals surface area contributed by atoms with Gasteiger partial charge in [0.05, 0.1) is 0 Å². The van der Waals surface area contributed by atoms with Crippen LogP contribution >= 0.6 is 0 Å². The molecule has 7 heteroatoms. The van der Waals surface area contributed by atoms with Crippen LogP contribution in [0.1, 0.15) is 25.2 Å². The van der Waals surface area contributed by atoms with Gasteiger partial charge in [0.15, 0.2) is 18.2 Å². The van der Waals surface area contributed by atoms with Crippen molar-refractivity contribution in [3.63, 3.8) is 0 Å². The molecule has 1 saturated heterocycles. The number of nitrogens with zero attached hydrogens (tertiary/aromatic N) is 4. The molecule has 4 rings (SSSR count). The summed E-state index contributed by atoms with van der Waals surface area (Å²) in [6.45, 7) is 1.86. The number of benzene rings is 1. The first-order valence-corrected chi connectivity index (χ1v) is 8.70. The predicted octanol–water partition coefficient (Wildman–Crippen LogP) is 3.84. The number of hydrogen-bond donors (Lipinski definition) is 0. The van der Waals surface area contributed by atoms with Gasteiger partial charge in [0.2, 0.25) is 0 Å². The molecule has 0 bridgehead atoms. The van der Waals surface area contributed by atoms with E-state index in [1.807, 2.05) is 0 Å². The number of halogens is 1. The minimum absolute atomic E-state index is 0.0221. The van der Waals surface area contributed by atoms with E-state index in [9.17, 15) is 4.39 Å². The van der Waals surface area contributed by atoms with Gasteiger partial charge in [-0.3, -0.25) is 4.98 Å². The van der Waals surface area contributed by atoms with Crippen LogP contribution in [-0.2, 0) is 6.61 Å². The Balaban J connectivity index is 1.46. The molecular formula is C19H19FN4O2. The molecule has 3 heterocycles. The van der Waals surface area contributed by atoms with Crippen molar-refractivity contribution in [2.24, 2.45) is 0 Å². The molecule has 0 spiro atoms. The highest BCUT2D eigenvalue weighted by Gasteiger charge is 2.18. The standard InChI is InChI=1S/C19H19FN4O2/c20-18-15(14-6-5-9-21-12-14)7-4-8-16(18)25-13-17-22-23-19(26-17)24-10-2-1-3-11-24/h4-9,12H,1-3,10-11,13H2. The Morgan fingerprint density at radius 3 is 2.77 bits per heavy atom. The maximum atomic E-state index is 14.7. The maximum Gasteiger partial charge on any atom is 0.318 e. The normalized spacial score (nSPS) is 14.4. The van der Waals surface area contributed by atoms with E-state index in [4.69, 9.17) is 9.15 Å². The quantitative estimate of drug-likeness (QED) is 0.694. The summed E-state index contributed by atoms with van der Waals surface area (Å²) < 4.78 is 26.0. The van der Waals surface area contributed by atoms with Gasteiger partial charge in [-0.15, -0.1) is 5.10 Å². The third-order valence-corrected chi connectivity index (χ3v) is 4.37. The molecule has 3 aromatic rings. The Hall–Kier alpha value is -2.96. The second kappa shape index (κ2) is 7.51. The second-order valence-corrected chi connectivity index (χ2v) is 6.17. The third kappa shape index (κ3) is 3.51. The lowest BCUT2D eigenvalue weighted by molar-refractivity contribution is 0.252. The van der Waals surface area contributed by atoms with Crippen LogP contribution in [0.5, 0.6) is 5.75 Å². The number of piperidine rings is 1. The maximum absolute atomic E-state index is 14.7. The van der Waals surface area contributed by atoms with Crippen LogP contribution < -0.4 is 9.64 Å². The lowest BCUT2D eigenvalue weighted by Crippen LogP contribution is -2.29. The van der Waals surface area contributed by atoms with E-state index in [1.54, 1.807) is 42.7 Å². The van der Waals surface area contributed by atoms with Crippen molar-refractivity contribution in [1.82, 2.24) is 15.2 Å². The molecular weight excluding hydrogens is 335 g/mol. The van der Waals surface area contributed by atoms with E-state index in [1.165, 1.54) is 6.42 Å². The summed E-state index contributed by atoms with van der Waals surface area (Å²) in [6, 6.07) is 9.10. The van der Waals surface area contributed by atoms with Gasteiger partial charge in [-0.05, 0) is 31.4 Å². The average molecular weight is 354 g/mol. The molecule has 1 aromatic carbocycles. The molecule has 0 N–H and O–H groups in total. The number of pyridine rings is 1. The van der Waals surface area contributed by atoms with Gasteiger partial charge in [-0.25, -0.2) is 4.39 Å². The van der Waals surface area contributed by atoms with Gasteiger partial charge in [-0.1, -0.05) is 23.3 Å². The molecule has 26 heavy (non-hydrogen) atoms. The number of rotatable bonds is 5. The molecule has 0 atom stereocenters. The SMILES string of the molecule is Fc1c(OCc2nnc(N3CCCCC3)o2)cccc1-c1cccnc1. The van der Waals surface area contributed by atoms with Crippen molar-refractivity contribution in [2.75, 3.05) is 18.0 Å². The minimum atomic E-state index is -0.434. The fourth-order valence-corrected chi connectivity index (χ4v) is 3.02. The van der Waals surface area contributed by atoms with E-state index in [2.05, 4.69) is 20.1 Å². The number of hydrogen-bond acceptors (Lipinski definition) is 6. The van der Waals surface area contributed by atoms with Crippen LogP contribution in [-0.4, -0.2) is 28.3 Å². The largest absolute Gasteiger partial charge is 0.481 e. The van der Waals surface area contributed by atoms with Crippen molar-refractivity contribution < 1.29 is 13.5 Å². The summed E-state index contributed by atoms with van der Waals surface area (Å²) in [5.74, 6) is 0.0390. The van der Waals surface area contributed by atoms with Crippen LogP contribution in [0.25, 0.3) is 11.1 Å². The second-order valence-electron chi connectivity index (χ2n) is 6.17. The lowest BCUT2D eigenvalue weighted by atomic mass is 10.1. The molecule has 0 saturated carbocycles. The zero-order chi connectivity index (χ0) is 17.8. The first-order chi connectivity index (χ1) is 12.8. The van der Waals surface area contributed by atoms with Crippen molar-refractivity contribution in [1.29, 1.82) is 0 Å².